The summed E-state index contributed by atoms with van der Waals surface area (Å²) >= 11 is 0. The second-order valence-corrected chi connectivity index (χ2v) is 2.87. The molecule has 0 bridgehead atoms. The van der Waals surface area contributed by atoms with Crippen molar-refractivity contribution < 1.29 is 4.42 Å². The highest BCUT2D eigenvalue weighted by molar-refractivity contribution is 5.21. The number of aryl methyl sites for hydroxylation is 1. The van der Waals surface area contributed by atoms with E-state index in [-0.39, 0.29) is 0 Å². The third-order valence-corrected chi connectivity index (χ3v) is 2.06. The third-order valence-electron chi connectivity index (χ3n) is 2.06. The number of hydrogen-bond acceptors (Lipinski definition) is 2. The molecule has 1 unspecified atom stereocenters. The van der Waals surface area contributed by atoms with Gasteiger partial charge in [-0.15, -0.1) is 0 Å². The second kappa shape index (κ2) is 2.13. The van der Waals surface area contributed by atoms with Crippen molar-refractivity contribution in [2.45, 2.75) is 25.3 Å². The molecule has 2 N–H and O–H groups in total. The first-order chi connectivity index (χ1) is 4.86. The van der Waals surface area contributed by atoms with Gasteiger partial charge in [0.2, 0.25) is 0 Å². The van der Waals surface area contributed by atoms with Gasteiger partial charge in [-0.2, -0.15) is 0 Å². The van der Waals surface area contributed by atoms with E-state index in [0.29, 0.717) is 6.04 Å². The molecule has 2 rings (SSSR count). The Morgan fingerprint density at radius 2 is 2.50 bits per heavy atom. The lowest BCUT2D eigenvalue weighted by molar-refractivity contribution is 0.456. The zero-order chi connectivity index (χ0) is 6.97. The van der Waals surface area contributed by atoms with Crippen LogP contribution in [0, 0.1) is 0 Å². The molecule has 0 saturated carbocycles. The van der Waals surface area contributed by atoms with Gasteiger partial charge in [-0.3, -0.25) is 0 Å². The first-order valence-electron chi connectivity index (χ1n) is 3.67. The average molecular weight is 137 g/mol. The van der Waals surface area contributed by atoms with Crippen LogP contribution in [0.4, 0.5) is 0 Å². The van der Waals surface area contributed by atoms with E-state index in [2.05, 4.69) is 0 Å². The van der Waals surface area contributed by atoms with Gasteiger partial charge in [0.25, 0.3) is 0 Å². The highest BCUT2D eigenvalue weighted by Gasteiger charge is 2.16. The molecule has 2 nitrogen and oxygen atoms in total. The molecule has 10 heavy (non-hydrogen) atoms. The van der Waals surface area contributed by atoms with E-state index in [1.165, 1.54) is 5.56 Å². The highest BCUT2D eigenvalue weighted by atomic mass is 16.3. The third kappa shape index (κ3) is 0.847. The molecule has 1 aromatic heterocycles. The summed E-state index contributed by atoms with van der Waals surface area (Å²) in [6.45, 7) is 0. The van der Waals surface area contributed by atoms with Crippen LogP contribution in [-0.2, 0) is 12.8 Å². The smallest absolute Gasteiger partial charge is 0.107 e. The topological polar surface area (TPSA) is 39.2 Å². The summed E-state index contributed by atoms with van der Waals surface area (Å²) < 4.78 is 5.25. The molecule has 1 aliphatic carbocycles. The molecule has 54 valence electrons. The molecule has 0 fully saturated rings. The van der Waals surface area contributed by atoms with Crippen molar-refractivity contribution in [1.29, 1.82) is 0 Å². The summed E-state index contributed by atoms with van der Waals surface area (Å²) in [7, 11) is 0. The van der Waals surface area contributed by atoms with Gasteiger partial charge >= 0.3 is 0 Å². The monoisotopic (exact) mass is 137 g/mol. The van der Waals surface area contributed by atoms with Crippen molar-refractivity contribution in [2.24, 2.45) is 5.73 Å². The van der Waals surface area contributed by atoms with E-state index < -0.39 is 0 Å². The molecule has 1 aliphatic rings. The van der Waals surface area contributed by atoms with Crippen LogP contribution in [0.2, 0.25) is 0 Å². The van der Waals surface area contributed by atoms with E-state index in [9.17, 15) is 0 Å². The normalized spacial score (nSPS) is 24.3. The largest absolute Gasteiger partial charge is 0.469 e. The lowest BCUT2D eigenvalue weighted by atomic mass is 9.95. The number of furan rings is 1. The van der Waals surface area contributed by atoms with Crippen LogP contribution >= 0.6 is 0 Å². The van der Waals surface area contributed by atoms with Gasteiger partial charge < -0.3 is 10.2 Å². The van der Waals surface area contributed by atoms with E-state index >= 15 is 0 Å². The number of fused-ring (bicyclic) bond motifs is 1. The predicted molar refractivity (Wildman–Crippen MR) is 38.7 cm³/mol. The Bertz CT molecular complexity index is 229. The van der Waals surface area contributed by atoms with Crippen LogP contribution in [0.3, 0.4) is 0 Å². The molecular formula is C8H11NO. The lowest BCUT2D eigenvalue weighted by Gasteiger charge is -2.15. The van der Waals surface area contributed by atoms with Crippen LogP contribution in [0.25, 0.3) is 0 Å². The number of nitrogens with two attached hydrogens (primary N) is 1. The first-order valence-corrected chi connectivity index (χ1v) is 3.67. The van der Waals surface area contributed by atoms with Gasteiger partial charge in [0, 0.05) is 12.5 Å². The summed E-state index contributed by atoms with van der Waals surface area (Å²) in [6, 6.07) is 2.37. The zero-order valence-electron chi connectivity index (χ0n) is 5.84. The minimum absolute atomic E-state index is 0.352. The van der Waals surface area contributed by atoms with E-state index in [0.717, 1.165) is 25.0 Å². The fourth-order valence-corrected chi connectivity index (χ4v) is 1.47. The van der Waals surface area contributed by atoms with Crippen molar-refractivity contribution >= 4 is 0 Å². The molecule has 1 aromatic rings. The van der Waals surface area contributed by atoms with Crippen molar-refractivity contribution in [3.05, 3.63) is 23.7 Å². The second-order valence-electron chi connectivity index (χ2n) is 2.87. The Kier molecular flexibility index (Phi) is 1.27. The Balaban J connectivity index is 2.30. The highest BCUT2D eigenvalue weighted by Crippen LogP contribution is 2.20. The fraction of sp³-hybridized carbons (Fsp3) is 0.500. The maximum absolute atomic E-state index is 5.77. The summed E-state index contributed by atoms with van der Waals surface area (Å²) in [4.78, 5) is 0. The van der Waals surface area contributed by atoms with E-state index in [4.69, 9.17) is 10.2 Å². The molecule has 0 saturated heterocycles. The first kappa shape index (κ1) is 5.98. The Labute approximate surface area is 60.0 Å². The van der Waals surface area contributed by atoms with Gasteiger partial charge in [0.1, 0.15) is 5.76 Å². The van der Waals surface area contributed by atoms with Gasteiger partial charge in [0.15, 0.2) is 0 Å². The van der Waals surface area contributed by atoms with Crippen LogP contribution in [0.1, 0.15) is 17.7 Å². The quantitative estimate of drug-likeness (QED) is 0.581. The zero-order valence-corrected chi connectivity index (χ0v) is 5.84. The maximum atomic E-state index is 5.77. The lowest BCUT2D eigenvalue weighted by Crippen LogP contribution is -2.26. The minimum Gasteiger partial charge on any atom is -0.469 e. The van der Waals surface area contributed by atoms with Crippen LogP contribution in [0.15, 0.2) is 16.7 Å². The molecular weight excluding hydrogens is 126 g/mol. The molecule has 0 radical (unpaired) electrons. The summed E-state index contributed by atoms with van der Waals surface area (Å²) in [5.41, 5.74) is 7.07. The Morgan fingerprint density at radius 3 is 3.40 bits per heavy atom. The molecule has 2 heteroatoms. The predicted octanol–water partition coefficient (Wildman–Crippen LogP) is 1.10. The number of hydrogen-bond donors (Lipinski definition) is 1. The Morgan fingerprint density at radius 1 is 1.60 bits per heavy atom. The fourth-order valence-electron chi connectivity index (χ4n) is 1.47. The molecule has 0 aliphatic heterocycles. The summed E-state index contributed by atoms with van der Waals surface area (Å²) in [5.74, 6) is 1.14. The van der Waals surface area contributed by atoms with Crippen LogP contribution in [-0.4, -0.2) is 6.04 Å². The minimum atomic E-state index is 0.352. The van der Waals surface area contributed by atoms with Crippen molar-refractivity contribution in [2.75, 3.05) is 0 Å². The van der Waals surface area contributed by atoms with E-state index in [1.807, 2.05) is 6.07 Å². The Hall–Kier alpha value is -0.760. The molecule has 0 aromatic carbocycles. The maximum Gasteiger partial charge on any atom is 0.107 e. The van der Waals surface area contributed by atoms with Gasteiger partial charge in [0.05, 0.1) is 6.26 Å². The van der Waals surface area contributed by atoms with Gasteiger partial charge in [-0.25, -0.2) is 0 Å². The summed E-state index contributed by atoms with van der Waals surface area (Å²) in [6.07, 6.45) is 4.83. The van der Waals surface area contributed by atoms with Crippen LogP contribution < -0.4 is 5.73 Å². The van der Waals surface area contributed by atoms with Gasteiger partial charge in [-0.1, -0.05) is 0 Å². The molecule has 1 atom stereocenters. The number of rotatable bonds is 0. The van der Waals surface area contributed by atoms with E-state index in [1.54, 1.807) is 6.26 Å². The molecule has 0 amide bonds. The summed E-state index contributed by atoms with van der Waals surface area (Å²) in [5, 5.41) is 0. The van der Waals surface area contributed by atoms with Crippen molar-refractivity contribution in [3.8, 4) is 0 Å². The molecule has 0 spiro atoms. The standard InChI is InChI=1S/C8H11NO/c9-7-1-2-8-6(5-7)3-4-10-8/h3-4,7H,1-2,5,9H2. The SMILES string of the molecule is NC1CCc2occc2C1. The molecule has 1 heterocycles. The van der Waals surface area contributed by atoms with Gasteiger partial charge in [-0.05, 0) is 24.5 Å². The van der Waals surface area contributed by atoms with Crippen molar-refractivity contribution in [3.63, 3.8) is 0 Å². The van der Waals surface area contributed by atoms with Crippen molar-refractivity contribution in [1.82, 2.24) is 0 Å². The average Bonchev–Trinajstić information content (AvgIpc) is 2.33. The van der Waals surface area contributed by atoms with Crippen LogP contribution in [0.5, 0.6) is 0 Å².